The standard InChI is InChI=1S/C5H9NO4.H3N.H2O/c6-3(5(9)10)1-2-4(7)8;;/h3H,1-2,6H2,(H,7,8)(H,9,10);1H3;1H2/p-1/t3-;;/m0../s1. The van der Waals surface area contributed by atoms with Crippen molar-refractivity contribution < 1.29 is 25.3 Å². The molecule has 7 heteroatoms. The summed E-state index contributed by atoms with van der Waals surface area (Å²) in [6.45, 7) is 0. The molecule has 0 aliphatic heterocycles. The van der Waals surface area contributed by atoms with Gasteiger partial charge in [0.1, 0.15) is 0 Å². The summed E-state index contributed by atoms with van der Waals surface area (Å²) >= 11 is 0. The highest BCUT2D eigenvalue weighted by Crippen LogP contribution is 1.90. The molecular weight excluding hydrogens is 168 g/mol. The van der Waals surface area contributed by atoms with E-state index in [1.54, 1.807) is 0 Å². The molecule has 0 spiro atoms. The molecule has 12 heavy (non-hydrogen) atoms. The molecule has 0 aliphatic rings. The van der Waals surface area contributed by atoms with Crippen molar-refractivity contribution in [3.63, 3.8) is 0 Å². The van der Waals surface area contributed by atoms with E-state index in [0.29, 0.717) is 0 Å². The van der Waals surface area contributed by atoms with Crippen LogP contribution in [-0.2, 0) is 9.59 Å². The van der Waals surface area contributed by atoms with E-state index in [0.717, 1.165) is 0 Å². The Labute approximate surface area is 69.1 Å². The summed E-state index contributed by atoms with van der Waals surface area (Å²) in [4.78, 5) is 19.6. The molecule has 0 aromatic rings. The van der Waals surface area contributed by atoms with Gasteiger partial charge in [0.05, 0.1) is 5.97 Å². The highest BCUT2D eigenvalue weighted by atomic mass is 16.4. The Morgan fingerprint density at radius 3 is 2.00 bits per heavy atom. The first-order valence-electron chi connectivity index (χ1n) is 2.70. The van der Waals surface area contributed by atoms with Crippen molar-refractivity contribution in [2.75, 3.05) is 0 Å². The van der Waals surface area contributed by atoms with Gasteiger partial charge in [-0.25, -0.2) is 0 Å². The number of rotatable bonds is 4. The van der Waals surface area contributed by atoms with Crippen LogP contribution in [0.15, 0.2) is 0 Å². The molecule has 74 valence electrons. The van der Waals surface area contributed by atoms with Crippen LogP contribution in [0, 0.1) is 0 Å². The van der Waals surface area contributed by atoms with Gasteiger partial charge in [0, 0.05) is 12.0 Å². The van der Waals surface area contributed by atoms with Crippen LogP contribution in [0.5, 0.6) is 0 Å². The summed E-state index contributed by atoms with van der Waals surface area (Å²) in [6, 6.07) is -1.21. The maximum Gasteiger partial charge on any atom is 0.0582 e. The van der Waals surface area contributed by atoms with Crippen LogP contribution in [0.3, 0.4) is 0 Å². The number of quaternary nitrogens is 1. The van der Waals surface area contributed by atoms with Crippen LogP contribution in [-0.4, -0.2) is 23.5 Å². The van der Waals surface area contributed by atoms with Crippen molar-refractivity contribution in [2.24, 2.45) is 5.73 Å². The van der Waals surface area contributed by atoms with E-state index in [4.69, 9.17) is 5.73 Å². The average molecular weight is 181 g/mol. The van der Waals surface area contributed by atoms with Gasteiger partial charge in [-0.2, -0.15) is 0 Å². The van der Waals surface area contributed by atoms with Gasteiger partial charge in [-0.05, 0) is 12.8 Å². The normalized spacial score (nSPS) is 10.4. The maximum atomic E-state index is 9.86. The molecule has 0 aromatic carbocycles. The third-order valence-electron chi connectivity index (χ3n) is 0.962. The lowest BCUT2D eigenvalue weighted by Crippen LogP contribution is -2.42. The van der Waals surface area contributed by atoms with Crippen molar-refractivity contribution in [1.82, 2.24) is 6.15 Å². The zero-order chi connectivity index (χ0) is 8.15. The summed E-state index contributed by atoms with van der Waals surface area (Å²) < 4.78 is 0. The van der Waals surface area contributed by atoms with Gasteiger partial charge in [-0.1, -0.05) is 0 Å². The summed E-state index contributed by atoms with van der Waals surface area (Å²) in [5.41, 5.74) is 4.91. The fraction of sp³-hybridized carbons (Fsp3) is 0.600. The van der Waals surface area contributed by atoms with Crippen LogP contribution in [0.1, 0.15) is 12.8 Å². The molecule has 0 amide bonds. The quantitative estimate of drug-likeness (QED) is 0.450. The first-order valence-corrected chi connectivity index (χ1v) is 2.70. The molecule has 0 aromatic heterocycles. The first kappa shape index (κ1) is 17.1. The van der Waals surface area contributed by atoms with E-state index in [-0.39, 0.29) is 24.5 Å². The predicted molar refractivity (Wildman–Crippen MR) is 36.8 cm³/mol. The molecule has 0 fully saturated rings. The van der Waals surface area contributed by atoms with E-state index in [1.165, 1.54) is 0 Å². The highest BCUT2D eigenvalue weighted by Gasteiger charge is 2.01. The van der Waals surface area contributed by atoms with Gasteiger partial charge in [-0.3, -0.25) is 0 Å². The molecular formula is C5H13N2O5-. The largest absolute Gasteiger partial charge is 0.550 e. The van der Waals surface area contributed by atoms with Gasteiger partial charge in [0.15, 0.2) is 0 Å². The summed E-state index contributed by atoms with van der Waals surface area (Å²) in [5.74, 6) is -2.75. The van der Waals surface area contributed by atoms with Crippen LogP contribution < -0.4 is 22.1 Å². The van der Waals surface area contributed by atoms with Crippen molar-refractivity contribution in [2.45, 2.75) is 18.9 Å². The first-order chi connectivity index (χ1) is 4.54. The van der Waals surface area contributed by atoms with E-state index in [9.17, 15) is 19.8 Å². The lowest BCUT2D eigenvalue weighted by molar-refractivity contribution is -0.309. The molecule has 0 unspecified atom stereocenters. The monoisotopic (exact) mass is 181 g/mol. The summed E-state index contributed by atoms with van der Waals surface area (Å²) in [7, 11) is 0. The number of hydrogen-bond donors (Lipinski definition) is 2. The lowest BCUT2D eigenvalue weighted by atomic mass is 10.2. The zero-order valence-corrected chi connectivity index (χ0v) is 6.70. The van der Waals surface area contributed by atoms with E-state index in [1.807, 2.05) is 0 Å². The third kappa shape index (κ3) is 8.82. The predicted octanol–water partition coefficient (Wildman–Crippen LogP) is -3.85. The van der Waals surface area contributed by atoms with Crippen molar-refractivity contribution in [3.05, 3.63) is 0 Å². The lowest BCUT2D eigenvalue weighted by Gasteiger charge is -2.11. The fourth-order valence-corrected chi connectivity index (χ4v) is 0.391. The Bertz CT molecular complexity index is 149. The molecule has 0 rings (SSSR count). The number of hydrogen-bond acceptors (Lipinski definition) is 5. The van der Waals surface area contributed by atoms with E-state index < -0.39 is 18.0 Å². The summed E-state index contributed by atoms with van der Waals surface area (Å²) in [6.07, 6.45) is -0.500. The second kappa shape index (κ2) is 7.92. The van der Waals surface area contributed by atoms with Gasteiger partial charge >= 0.3 is 0 Å². The molecule has 7 nitrogen and oxygen atoms in total. The van der Waals surface area contributed by atoms with Crippen LogP contribution >= 0.6 is 0 Å². The number of aliphatic carboxylic acids is 2. The molecule has 1 atom stereocenters. The fourth-order valence-electron chi connectivity index (χ4n) is 0.391. The van der Waals surface area contributed by atoms with Crippen molar-refractivity contribution >= 4 is 11.9 Å². The number of carbonyl (C=O) groups excluding carboxylic acids is 2. The molecule has 8 N–H and O–H groups in total. The molecule has 0 radical (unpaired) electrons. The van der Waals surface area contributed by atoms with Gasteiger partial charge < -0.3 is 37.2 Å². The third-order valence-corrected chi connectivity index (χ3v) is 0.962. The number of carbonyl (C=O) groups is 2. The Kier molecular flexibility index (Phi) is 11.3. The SMILES string of the molecule is N[C@@H](CCC(=O)[O-])C(=O)[O-].O.[NH4+]. The minimum absolute atomic E-state index is 0. The Morgan fingerprint density at radius 2 is 1.75 bits per heavy atom. The van der Waals surface area contributed by atoms with E-state index in [2.05, 4.69) is 0 Å². The second-order valence-corrected chi connectivity index (χ2v) is 1.84. The Balaban J connectivity index is -0.000000405. The second-order valence-electron chi connectivity index (χ2n) is 1.84. The average Bonchev–Trinajstić information content (AvgIpc) is 1.82. The topological polar surface area (TPSA) is 174 Å². The highest BCUT2D eigenvalue weighted by molar-refractivity contribution is 5.72. The number of carboxylic acids is 2. The van der Waals surface area contributed by atoms with Crippen LogP contribution in [0.2, 0.25) is 0 Å². The minimum Gasteiger partial charge on any atom is -0.550 e. The molecule has 0 saturated carbocycles. The van der Waals surface area contributed by atoms with Gasteiger partial charge in [0.25, 0.3) is 0 Å². The smallest absolute Gasteiger partial charge is 0.0582 e. The molecule has 0 heterocycles. The van der Waals surface area contributed by atoms with Crippen LogP contribution in [0.4, 0.5) is 0 Å². The summed E-state index contributed by atoms with van der Waals surface area (Å²) in [5, 5.41) is 19.6. The van der Waals surface area contributed by atoms with Gasteiger partial charge in [0.2, 0.25) is 0 Å². The molecule has 0 bridgehead atoms. The maximum absolute atomic E-state index is 9.86. The van der Waals surface area contributed by atoms with E-state index >= 15 is 0 Å². The van der Waals surface area contributed by atoms with Crippen LogP contribution in [0.25, 0.3) is 0 Å². The minimum atomic E-state index is -1.44. The van der Waals surface area contributed by atoms with Gasteiger partial charge in [-0.15, -0.1) is 0 Å². The molecule has 0 aliphatic carbocycles. The number of nitrogens with two attached hydrogens (primary N) is 1. The number of carboxylic acid groups (broad SMARTS) is 2. The molecule has 0 saturated heterocycles. The Hall–Kier alpha value is -1.18. The van der Waals surface area contributed by atoms with Crippen molar-refractivity contribution in [1.29, 1.82) is 0 Å². The Morgan fingerprint density at radius 1 is 1.33 bits per heavy atom. The zero-order valence-electron chi connectivity index (χ0n) is 6.70. The van der Waals surface area contributed by atoms with Crippen molar-refractivity contribution in [3.8, 4) is 0 Å².